The van der Waals surface area contributed by atoms with Gasteiger partial charge in [-0.05, 0) is 50.7 Å². The van der Waals surface area contributed by atoms with Gasteiger partial charge in [0, 0.05) is 12.8 Å². The molecule has 1 aromatic rings. The molecule has 6 nitrogen and oxygen atoms in total. The van der Waals surface area contributed by atoms with Gasteiger partial charge in [-0.1, -0.05) is 167 Å². The molecule has 0 saturated heterocycles. The topological polar surface area (TPSA) is 98.7 Å². The Hall–Kier alpha value is -1.92. The average molecular weight is 673 g/mol. The molecule has 2 atom stereocenters. The molecule has 1 aromatic carbocycles. The zero-order valence-electron chi connectivity index (χ0n) is 31.4. The fourth-order valence-corrected chi connectivity index (χ4v) is 6.48. The van der Waals surface area contributed by atoms with Crippen molar-refractivity contribution in [1.29, 1.82) is 0 Å². The summed E-state index contributed by atoms with van der Waals surface area (Å²) in [6.45, 7) is 4.44. The number of anilines is 2. The van der Waals surface area contributed by atoms with E-state index in [2.05, 4.69) is 24.5 Å². The lowest BCUT2D eigenvalue weighted by Crippen LogP contribution is -2.16. The molecule has 0 radical (unpaired) electrons. The second-order valence-corrected chi connectivity index (χ2v) is 14.4. The number of aliphatic hydroxyl groups is 2. The number of unbranched alkanes of at least 4 members (excludes halogenated alkanes) is 20. The Morgan fingerprint density at radius 2 is 0.729 bits per heavy atom. The lowest BCUT2D eigenvalue weighted by Gasteiger charge is -2.12. The number of nitrogens with one attached hydrogen (secondary N) is 2. The Morgan fingerprint density at radius 3 is 1.04 bits per heavy atom. The van der Waals surface area contributed by atoms with Crippen LogP contribution in [-0.2, 0) is 9.59 Å². The second-order valence-electron chi connectivity index (χ2n) is 14.4. The van der Waals surface area contributed by atoms with Crippen LogP contribution >= 0.6 is 0 Å². The summed E-state index contributed by atoms with van der Waals surface area (Å²) in [7, 11) is 0. The van der Waals surface area contributed by atoms with Crippen molar-refractivity contribution in [2.24, 2.45) is 0 Å². The highest BCUT2D eigenvalue weighted by Crippen LogP contribution is 2.23. The minimum atomic E-state index is -0.112. The fourth-order valence-electron chi connectivity index (χ4n) is 6.48. The number of aliphatic hydroxyl groups excluding tert-OH is 2. The summed E-state index contributed by atoms with van der Waals surface area (Å²) >= 11 is 0. The van der Waals surface area contributed by atoms with Gasteiger partial charge in [0.05, 0.1) is 23.6 Å². The van der Waals surface area contributed by atoms with E-state index in [0.717, 1.165) is 89.9 Å². The van der Waals surface area contributed by atoms with Crippen LogP contribution in [0.2, 0.25) is 0 Å². The summed E-state index contributed by atoms with van der Waals surface area (Å²) < 4.78 is 0. The van der Waals surface area contributed by atoms with E-state index in [9.17, 15) is 19.8 Å². The molecule has 4 N–H and O–H groups in total. The monoisotopic (exact) mass is 673 g/mol. The van der Waals surface area contributed by atoms with Gasteiger partial charge in [0.1, 0.15) is 0 Å². The molecule has 0 saturated carbocycles. The maximum atomic E-state index is 12.6. The largest absolute Gasteiger partial charge is 0.393 e. The van der Waals surface area contributed by atoms with Crippen LogP contribution in [0.5, 0.6) is 0 Å². The molecule has 1 rings (SSSR count). The fraction of sp³-hybridized carbons (Fsp3) is 0.810. The van der Waals surface area contributed by atoms with Gasteiger partial charge in [0.2, 0.25) is 11.8 Å². The van der Waals surface area contributed by atoms with E-state index in [-0.39, 0.29) is 24.0 Å². The summed E-state index contributed by atoms with van der Waals surface area (Å²) in [6.07, 6.45) is 32.7. The molecular weight excluding hydrogens is 596 g/mol. The number of rotatable bonds is 34. The molecule has 278 valence electrons. The zero-order chi connectivity index (χ0) is 34.9. The SMILES string of the molecule is CCCCCCC(O)CCCCCCCCCCC(=O)Nc1ccccc1NC(=O)CCCCCCCCCCC(O)CCCCCC. The third kappa shape index (κ3) is 27.0. The van der Waals surface area contributed by atoms with E-state index >= 15 is 0 Å². The molecule has 0 aromatic heterocycles. The quantitative estimate of drug-likeness (QED) is 0.0548. The van der Waals surface area contributed by atoms with Crippen molar-refractivity contribution in [2.75, 3.05) is 10.6 Å². The number of carbonyl (C=O) groups is 2. The van der Waals surface area contributed by atoms with Crippen LogP contribution in [0.15, 0.2) is 24.3 Å². The summed E-state index contributed by atoms with van der Waals surface area (Å²) in [5.74, 6) is 0.00655. The number of hydrogen-bond acceptors (Lipinski definition) is 4. The summed E-state index contributed by atoms with van der Waals surface area (Å²) in [4.78, 5) is 25.2. The van der Waals surface area contributed by atoms with Gasteiger partial charge in [0.25, 0.3) is 0 Å². The lowest BCUT2D eigenvalue weighted by molar-refractivity contribution is -0.117. The van der Waals surface area contributed by atoms with E-state index in [1.54, 1.807) is 0 Å². The minimum absolute atomic E-state index is 0.00328. The Balaban J connectivity index is 2.04. The van der Waals surface area contributed by atoms with Gasteiger partial charge in [0.15, 0.2) is 0 Å². The molecule has 0 heterocycles. The minimum Gasteiger partial charge on any atom is -0.393 e. The predicted octanol–water partition coefficient (Wildman–Crippen LogP) is 12.0. The van der Waals surface area contributed by atoms with Crippen molar-refractivity contribution in [3.05, 3.63) is 24.3 Å². The number of benzene rings is 1. The summed E-state index contributed by atoms with van der Waals surface area (Å²) in [6, 6.07) is 7.48. The Bertz CT molecular complexity index is 821. The van der Waals surface area contributed by atoms with Crippen LogP contribution in [0, 0.1) is 0 Å². The molecule has 2 amide bonds. The second kappa shape index (κ2) is 32.3. The van der Waals surface area contributed by atoms with Crippen molar-refractivity contribution < 1.29 is 19.8 Å². The first-order valence-electron chi connectivity index (χ1n) is 20.5. The van der Waals surface area contributed by atoms with Crippen LogP contribution in [0.4, 0.5) is 11.4 Å². The van der Waals surface area contributed by atoms with Crippen LogP contribution in [0.1, 0.15) is 206 Å². The molecule has 0 aliphatic carbocycles. The van der Waals surface area contributed by atoms with Gasteiger partial charge in [-0.15, -0.1) is 0 Å². The van der Waals surface area contributed by atoms with Crippen molar-refractivity contribution in [3.8, 4) is 0 Å². The van der Waals surface area contributed by atoms with Crippen LogP contribution in [0.3, 0.4) is 0 Å². The van der Waals surface area contributed by atoms with Gasteiger partial charge in [-0.25, -0.2) is 0 Å². The van der Waals surface area contributed by atoms with Crippen LogP contribution < -0.4 is 10.6 Å². The third-order valence-electron chi connectivity index (χ3n) is 9.64. The maximum Gasteiger partial charge on any atom is 0.224 e. The molecule has 48 heavy (non-hydrogen) atoms. The number of para-hydroxylation sites is 2. The standard InChI is InChI=1S/C42H76N2O4/c1-3-5-7-21-29-37(45)31-23-17-13-9-11-15-19-25-35-41(47)43-39-33-27-28-34-40(39)44-42(48)36-26-20-16-12-10-14-18-24-32-38(46)30-22-8-6-4-2/h27-28,33-34,37-38,45-46H,3-26,29-32,35-36H2,1-2H3,(H,43,47)(H,44,48). The highest BCUT2D eigenvalue weighted by atomic mass is 16.3. The number of hydrogen-bond donors (Lipinski definition) is 4. The van der Waals surface area contributed by atoms with E-state index in [0.29, 0.717) is 24.2 Å². The van der Waals surface area contributed by atoms with Crippen LogP contribution in [0.25, 0.3) is 0 Å². The van der Waals surface area contributed by atoms with E-state index in [1.807, 2.05) is 24.3 Å². The smallest absolute Gasteiger partial charge is 0.224 e. The van der Waals surface area contributed by atoms with Crippen molar-refractivity contribution >= 4 is 23.2 Å². The van der Waals surface area contributed by atoms with Gasteiger partial charge < -0.3 is 20.8 Å². The highest BCUT2D eigenvalue weighted by Gasteiger charge is 2.10. The molecule has 0 aliphatic rings. The van der Waals surface area contributed by atoms with Crippen molar-refractivity contribution in [3.63, 3.8) is 0 Å². The van der Waals surface area contributed by atoms with Gasteiger partial charge in [-0.2, -0.15) is 0 Å². The lowest BCUT2D eigenvalue weighted by atomic mass is 10.0. The molecular formula is C42H76N2O4. The van der Waals surface area contributed by atoms with E-state index < -0.39 is 0 Å². The molecule has 0 spiro atoms. The van der Waals surface area contributed by atoms with Crippen molar-refractivity contribution in [1.82, 2.24) is 0 Å². The van der Waals surface area contributed by atoms with E-state index in [4.69, 9.17) is 0 Å². The summed E-state index contributed by atoms with van der Waals surface area (Å²) in [5, 5.41) is 26.2. The van der Waals surface area contributed by atoms with Gasteiger partial charge >= 0.3 is 0 Å². The number of amides is 2. The number of carbonyl (C=O) groups excluding carboxylic acids is 2. The Kier molecular flexibility index (Phi) is 29.7. The third-order valence-corrected chi connectivity index (χ3v) is 9.64. The molecule has 2 unspecified atom stereocenters. The molecule has 0 bridgehead atoms. The normalized spacial score (nSPS) is 12.6. The predicted molar refractivity (Wildman–Crippen MR) is 206 cm³/mol. The van der Waals surface area contributed by atoms with Crippen molar-refractivity contribution in [2.45, 2.75) is 219 Å². The van der Waals surface area contributed by atoms with E-state index in [1.165, 1.54) is 89.9 Å². The first-order valence-corrected chi connectivity index (χ1v) is 20.5. The Labute approximate surface area is 296 Å². The molecule has 6 heteroatoms. The first kappa shape index (κ1) is 44.1. The average Bonchev–Trinajstić information content (AvgIpc) is 3.07. The highest BCUT2D eigenvalue weighted by molar-refractivity contribution is 5.99. The Morgan fingerprint density at radius 1 is 0.458 bits per heavy atom. The molecule has 0 fully saturated rings. The summed E-state index contributed by atoms with van der Waals surface area (Å²) in [5.41, 5.74) is 1.34. The van der Waals surface area contributed by atoms with Gasteiger partial charge in [-0.3, -0.25) is 9.59 Å². The first-order chi connectivity index (χ1) is 23.5. The maximum absolute atomic E-state index is 12.6. The molecule has 0 aliphatic heterocycles. The van der Waals surface area contributed by atoms with Crippen LogP contribution in [-0.4, -0.2) is 34.2 Å². The zero-order valence-corrected chi connectivity index (χ0v) is 31.4.